The molecular formula is C106H90BrN33O3S6. The molecule has 740 valence electrons. The van der Waals surface area contributed by atoms with Gasteiger partial charge in [0.15, 0.2) is 29.1 Å². The van der Waals surface area contributed by atoms with E-state index in [4.69, 9.17) is 40.0 Å². The van der Waals surface area contributed by atoms with E-state index in [0.717, 1.165) is 242 Å². The Morgan fingerprint density at radius 1 is 0.376 bits per heavy atom. The molecule has 9 aromatic carbocycles. The second-order valence-corrected chi connectivity index (χ2v) is 43.3. The van der Waals surface area contributed by atoms with Crippen LogP contribution in [0, 0.1) is 0 Å². The second kappa shape index (κ2) is 40.6. The predicted molar refractivity (Wildman–Crippen MR) is 604 cm³/mol. The number of thiophene rings is 5. The molecule has 25 aromatic rings. The zero-order valence-electron chi connectivity index (χ0n) is 79.2. The van der Waals surface area contributed by atoms with Crippen LogP contribution in [-0.4, -0.2) is 169 Å². The maximum absolute atomic E-state index is 12.6. The summed E-state index contributed by atoms with van der Waals surface area (Å²) in [5, 5.41) is 76.3. The number of H-pyrrole nitrogens is 6. The molecule has 0 atom stereocenters. The van der Waals surface area contributed by atoms with Gasteiger partial charge in [0.05, 0.1) is 126 Å². The second-order valence-electron chi connectivity index (χ2n) is 36.2. The maximum atomic E-state index is 12.6. The third kappa shape index (κ3) is 19.8. The van der Waals surface area contributed by atoms with E-state index in [2.05, 4.69) is 233 Å². The van der Waals surface area contributed by atoms with Gasteiger partial charge < -0.3 is 56.5 Å². The van der Waals surface area contributed by atoms with Crippen LogP contribution in [-0.2, 0) is 29.4 Å². The smallest absolute Gasteiger partial charge is 0.333 e. The molecule has 0 unspecified atom stereocenters. The molecular weight excluding hydrogens is 2060 g/mol. The number of halogens is 1. The van der Waals surface area contributed by atoms with Gasteiger partial charge in [-0.2, -0.15) is 50.4 Å². The summed E-state index contributed by atoms with van der Waals surface area (Å²) in [7, 11) is -3.71. The number of rotatable bonds is 19. The number of para-hydroxylation sites is 3. The Balaban J connectivity index is 0.0000000966. The Kier molecular flexibility index (Phi) is 25.5. The highest BCUT2D eigenvalue weighted by atomic mass is 79.9. The van der Waals surface area contributed by atoms with Crippen LogP contribution in [0.3, 0.4) is 0 Å². The molecule has 14 N–H and O–H groups in total. The molecule has 0 amide bonds. The van der Waals surface area contributed by atoms with Crippen LogP contribution in [0.4, 0.5) is 92.7 Å². The van der Waals surface area contributed by atoms with E-state index in [-0.39, 0.29) is 10.6 Å². The lowest BCUT2D eigenvalue weighted by molar-refractivity contribution is 0.141. The van der Waals surface area contributed by atoms with Crippen molar-refractivity contribution in [2.75, 3.05) is 85.9 Å². The lowest BCUT2D eigenvalue weighted by atomic mass is 10.0. The largest absolute Gasteiger partial charge is 0.350 e. The fourth-order valence-corrected chi connectivity index (χ4v) is 24.1. The van der Waals surface area contributed by atoms with Crippen molar-refractivity contribution >= 4 is 292 Å². The van der Waals surface area contributed by atoms with Gasteiger partial charge in [-0.05, 0) is 271 Å². The van der Waals surface area contributed by atoms with Crippen LogP contribution in [0.5, 0.6) is 0 Å². The first-order chi connectivity index (χ1) is 73.1. The Morgan fingerprint density at radius 2 is 0.792 bits per heavy atom. The van der Waals surface area contributed by atoms with Crippen molar-refractivity contribution in [3.63, 3.8) is 0 Å². The number of hydrogen-bond acceptors (Lipinski definition) is 33. The van der Waals surface area contributed by atoms with Crippen LogP contribution in [0.25, 0.3) is 123 Å². The van der Waals surface area contributed by atoms with Gasteiger partial charge in [-0.1, -0.05) is 64.8 Å². The lowest BCUT2D eigenvalue weighted by Crippen LogP contribution is -2.47. The number of aromatic amines is 6. The number of aryl methyl sites for hydroxylation is 1. The maximum Gasteiger partial charge on any atom is 0.333 e. The molecule has 2 saturated heterocycles. The minimum atomic E-state index is -3.71. The van der Waals surface area contributed by atoms with E-state index in [1.54, 1.807) is 81.2 Å². The van der Waals surface area contributed by atoms with Gasteiger partial charge in [-0.3, -0.25) is 25.5 Å². The van der Waals surface area contributed by atoms with Gasteiger partial charge >= 0.3 is 5.69 Å². The molecule has 0 aliphatic carbocycles. The summed E-state index contributed by atoms with van der Waals surface area (Å²) in [4.78, 5) is 73.0. The zero-order chi connectivity index (χ0) is 100.0. The number of hydrogen-bond donors (Lipinski definition) is 13. The van der Waals surface area contributed by atoms with Crippen molar-refractivity contribution in [2.45, 2.75) is 68.8 Å². The summed E-state index contributed by atoms with van der Waals surface area (Å²) < 4.78 is 30.5. The van der Waals surface area contributed by atoms with E-state index in [1.807, 2.05) is 139 Å². The molecule has 0 spiro atoms. The fourth-order valence-electron chi connectivity index (χ4n) is 19.3. The number of piperidine rings is 2. The van der Waals surface area contributed by atoms with Gasteiger partial charge in [0.25, 0.3) is 0 Å². The third-order valence-corrected chi connectivity index (χ3v) is 32.6. The number of nitrogens with zero attached hydrogens (tertiary/aromatic N) is 20. The molecule has 43 heteroatoms. The van der Waals surface area contributed by atoms with Crippen molar-refractivity contribution in [1.82, 2.24) is 115 Å². The number of aromatic nitrogens is 22. The average Bonchev–Trinajstić information content (AvgIpc) is 1.66. The molecule has 20 heterocycles. The summed E-state index contributed by atoms with van der Waals surface area (Å²) in [5.74, 6) is 7.01. The number of imidazole rings is 1. The predicted octanol–water partition coefficient (Wildman–Crippen LogP) is 23.4. The minimum Gasteiger partial charge on any atom is -0.350 e. The summed E-state index contributed by atoms with van der Waals surface area (Å²) in [6.07, 6.45) is 18.7. The van der Waals surface area contributed by atoms with Crippen LogP contribution in [0.15, 0.2) is 284 Å². The summed E-state index contributed by atoms with van der Waals surface area (Å²) in [6.45, 7) is 6.83. The zero-order valence-corrected chi connectivity index (χ0v) is 85.7. The molecule has 2 fully saturated rings. The number of nitrogens with two attached hydrogens (primary N) is 1. The van der Waals surface area contributed by atoms with Gasteiger partial charge in [0.1, 0.15) is 0 Å². The molecule has 0 radical (unpaired) electrons. The van der Waals surface area contributed by atoms with Gasteiger partial charge in [0, 0.05) is 110 Å². The van der Waals surface area contributed by atoms with E-state index < -0.39 is 10.0 Å². The lowest BCUT2D eigenvalue weighted by Gasteiger charge is -2.40. The highest BCUT2D eigenvalue weighted by Gasteiger charge is 2.31. The molecule has 36 nitrogen and oxygen atoms in total. The number of benzene rings is 9. The number of likely N-dealkylation sites (tertiary alicyclic amines) is 1. The molecule has 16 aromatic heterocycles. The topological polar surface area (TPSA) is 455 Å². The van der Waals surface area contributed by atoms with E-state index in [1.165, 1.54) is 84.4 Å². The Labute approximate surface area is 876 Å². The number of fused-ring (bicyclic) bond motifs is 13. The van der Waals surface area contributed by atoms with Crippen molar-refractivity contribution in [1.29, 1.82) is 0 Å². The normalized spacial score (nSPS) is 13.9. The van der Waals surface area contributed by atoms with Crippen molar-refractivity contribution in [3.05, 3.63) is 302 Å². The van der Waals surface area contributed by atoms with Crippen LogP contribution in [0.2, 0.25) is 0 Å². The van der Waals surface area contributed by atoms with Crippen molar-refractivity contribution in [2.24, 2.45) is 5.14 Å². The first kappa shape index (κ1) is 93.4. The number of nitrogens with one attached hydrogen (secondary N) is 12. The van der Waals surface area contributed by atoms with E-state index >= 15 is 0 Å². The number of sulfonamides is 1. The number of anilines is 16. The molecule has 149 heavy (non-hydrogen) atoms. The van der Waals surface area contributed by atoms with Crippen LogP contribution >= 0.6 is 72.6 Å². The van der Waals surface area contributed by atoms with Gasteiger partial charge in [-0.15, -0.1) is 56.7 Å². The number of primary sulfonamides is 1. The van der Waals surface area contributed by atoms with Gasteiger partial charge in [-0.25, -0.2) is 47.8 Å². The van der Waals surface area contributed by atoms with E-state index in [0.29, 0.717) is 30.1 Å². The molecule has 29 rings (SSSR count). The molecule has 0 bridgehead atoms. The first-order valence-corrected chi connectivity index (χ1v) is 55.1. The quantitative estimate of drug-likeness (QED) is 0.0357. The molecule has 4 aliphatic rings. The summed E-state index contributed by atoms with van der Waals surface area (Å²) in [6, 6.07) is 69.9. The molecule has 4 aliphatic heterocycles. The first-order valence-electron chi connectivity index (χ1n) is 48.4. The highest BCUT2D eigenvalue weighted by Crippen LogP contribution is 2.43. The van der Waals surface area contributed by atoms with E-state index in [9.17, 15) is 13.2 Å². The summed E-state index contributed by atoms with van der Waals surface area (Å²) >= 11 is 11.7. The third-order valence-electron chi connectivity index (χ3n) is 26.7. The van der Waals surface area contributed by atoms with Crippen LogP contribution < -0.4 is 57.4 Å². The van der Waals surface area contributed by atoms with Gasteiger partial charge in [0.2, 0.25) is 39.8 Å². The van der Waals surface area contributed by atoms with Crippen molar-refractivity contribution in [3.8, 4) is 5.95 Å². The monoisotopic (exact) mass is 2140 g/mol. The average molecular weight is 2150 g/mol. The highest BCUT2D eigenvalue weighted by molar-refractivity contribution is 9.10. The Morgan fingerprint density at radius 3 is 1.28 bits per heavy atom. The minimum absolute atomic E-state index is 0.0771. The summed E-state index contributed by atoms with van der Waals surface area (Å²) in [5.41, 5.74) is 21.4. The van der Waals surface area contributed by atoms with Crippen molar-refractivity contribution < 1.29 is 8.42 Å². The Hall–Kier alpha value is -16.7. The SMILES string of the molecule is Brc1ccc2c(c1)CCN2c1nc(Nc2ccc3[nH]ncc3c2)c2sccc2n1.NS(=O)(=O)c1ccc(CNc2nc(Nc3ccc4[nH]ncc4c3)c3sccc3n2)cc1.O=c1[nH]c2ccccc2n1-c1nc(Nc2ccc3[nH]ncc3c2)c2sccc2n1.c1cc2nc(N3CCC(N4CCCCC4)CC3)nc(Nc3ccc4[nH]ncc4c3)c2s1.c1ccc2c(c1)CCCN2c1nc(Nc2ccc3[nH]ncc3c2)c2sccc2n1. The Bertz CT molecular complexity index is 9460. The fraction of sp³-hybridized carbons (Fsp3) is 0.151. The molecule has 0 saturated carbocycles. The van der Waals surface area contributed by atoms with Crippen LogP contribution in [0.1, 0.15) is 55.2 Å². The standard InChI is InChI=1S/C23H27N7S.C22H18N6S.C21H15BrN6S.C20H17N7O2S2.C20H13N7OS/c1-2-9-29(10-3-1)18-6-11-30(12-7-18)23-26-20-8-13-31-21(20)22(27-23)25-17-4-5-19-16(14-17)15-24-28-19;1-2-6-19-14(4-1)5-3-10-28(19)22-25-18-9-11-29-20(18)21(26-22)24-16-7-8-17-15(12-16)13-23-27-17;22-14-1-4-18-12(9-14)5-7-28(18)21-25-17-6-8-29-19(17)20(26-21)24-15-2-3-16-13(10-15)11-23-27-16;21-31(28,29)15-4-1-12(2-5-15)10-22-20-25-17-7-8-30-18(17)19(26-20)24-14-3-6-16-13(9-14)11-23-27-16;28-20-24-14-3-1-2-4-16(14)27(20)19-23-15-7-8-29-17(15)18(25-19)22-12-5-6-13-11(9-12)10-21-26-13/h4-5,8,13-15,18H,1-3,6-7,9-12H2,(H,24,28)(H,25,26,27);1-2,4,6-9,11-13H,3,5,10H2,(H,23,27)(H,24,25,26);1-4,6,8-11H,5,7H2,(H,23,27)(H,24,25,26);1-9,11H,10H2,(H,23,27)(H2,21,28,29)(H2,22,24,25,26);1-10H,(H,21,26)(H,24,28)(H,22,23,25).